The number of rotatable bonds is 6. The molecule has 1 rings (SSSR count). The molecule has 0 spiro atoms. The van der Waals surface area contributed by atoms with Crippen LogP contribution in [0.3, 0.4) is 0 Å². The summed E-state index contributed by atoms with van der Waals surface area (Å²) >= 11 is 5.86. The summed E-state index contributed by atoms with van der Waals surface area (Å²) in [6.45, 7) is 1.68. The van der Waals surface area contributed by atoms with Crippen molar-refractivity contribution in [2.75, 3.05) is 18.0 Å². The molecule has 3 N–H and O–H groups in total. The molecule has 6 heteroatoms. The first-order valence-corrected chi connectivity index (χ1v) is 5.79. The van der Waals surface area contributed by atoms with Crippen LogP contribution in [0.15, 0.2) is 24.3 Å². The molecule has 0 aliphatic carbocycles. The predicted molar refractivity (Wildman–Crippen MR) is 69.7 cm³/mol. The van der Waals surface area contributed by atoms with Crippen LogP contribution >= 0.6 is 11.6 Å². The summed E-state index contributed by atoms with van der Waals surface area (Å²) in [5, 5.41) is 9.38. The van der Waals surface area contributed by atoms with E-state index in [2.05, 4.69) is 0 Å². The Morgan fingerprint density at radius 3 is 2.67 bits per heavy atom. The largest absolute Gasteiger partial charge is 0.480 e. The summed E-state index contributed by atoms with van der Waals surface area (Å²) in [5.41, 5.74) is 5.83. The van der Waals surface area contributed by atoms with Crippen molar-refractivity contribution in [1.29, 1.82) is 0 Å². The molecule has 5 nitrogen and oxygen atoms in total. The van der Waals surface area contributed by atoms with Crippen molar-refractivity contribution in [2.45, 2.75) is 6.92 Å². The lowest BCUT2D eigenvalue weighted by Crippen LogP contribution is -2.37. The van der Waals surface area contributed by atoms with Crippen LogP contribution in [0, 0.1) is 5.92 Å². The minimum Gasteiger partial charge on any atom is -0.480 e. The summed E-state index contributed by atoms with van der Waals surface area (Å²) in [6.07, 6.45) is 0. The minimum absolute atomic E-state index is 0.210. The molecular formula is C12H15ClN2O3. The molecule has 0 saturated carbocycles. The van der Waals surface area contributed by atoms with Gasteiger partial charge < -0.3 is 15.7 Å². The number of nitrogens with two attached hydrogens (primary N) is 1. The van der Waals surface area contributed by atoms with Crippen molar-refractivity contribution < 1.29 is 14.7 Å². The van der Waals surface area contributed by atoms with Crippen LogP contribution in [0.5, 0.6) is 0 Å². The average molecular weight is 271 g/mol. The second kappa shape index (κ2) is 6.26. The molecule has 0 aromatic heterocycles. The zero-order valence-electron chi connectivity index (χ0n) is 9.97. The lowest BCUT2D eigenvalue weighted by molar-refractivity contribution is -0.135. The van der Waals surface area contributed by atoms with Crippen molar-refractivity contribution in [1.82, 2.24) is 0 Å². The first-order chi connectivity index (χ1) is 8.40. The number of aliphatic carboxylic acids is 1. The summed E-state index contributed by atoms with van der Waals surface area (Å²) in [6, 6.07) is 6.81. The zero-order valence-corrected chi connectivity index (χ0v) is 10.7. The van der Waals surface area contributed by atoms with Gasteiger partial charge in [-0.25, -0.2) is 0 Å². The lowest BCUT2D eigenvalue weighted by atomic mass is 10.1. The number of carbonyl (C=O) groups excluding carboxylic acids is 1. The quantitative estimate of drug-likeness (QED) is 0.817. The van der Waals surface area contributed by atoms with Crippen LogP contribution in [-0.2, 0) is 9.59 Å². The van der Waals surface area contributed by atoms with Crippen LogP contribution in [0.2, 0.25) is 5.02 Å². The van der Waals surface area contributed by atoms with Crippen molar-refractivity contribution in [3.05, 3.63) is 29.3 Å². The number of carbonyl (C=O) groups is 2. The van der Waals surface area contributed by atoms with Gasteiger partial charge in [-0.05, 0) is 18.2 Å². The topological polar surface area (TPSA) is 83.6 Å². The maximum Gasteiger partial charge on any atom is 0.323 e. The Balaban J connectivity index is 2.90. The monoisotopic (exact) mass is 270 g/mol. The van der Waals surface area contributed by atoms with Gasteiger partial charge in [-0.3, -0.25) is 9.59 Å². The third-order valence-corrected chi connectivity index (χ3v) is 2.71. The maximum absolute atomic E-state index is 11.0. The summed E-state index contributed by atoms with van der Waals surface area (Å²) in [7, 11) is 0. The van der Waals surface area contributed by atoms with Crippen LogP contribution in [0.25, 0.3) is 0 Å². The fourth-order valence-corrected chi connectivity index (χ4v) is 1.70. The lowest BCUT2D eigenvalue weighted by Gasteiger charge is -2.25. The van der Waals surface area contributed by atoms with Crippen molar-refractivity contribution >= 4 is 29.2 Å². The van der Waals surface area contributed by atoms with E-state index < -0.39 is 17.8 Å². The smallest absolute Gasteiger partial charge is 0.323 e. The SMILES string of the molecule is CC(CN(CC(=O)O)c1cccc(Cl)c1)C(N)=O. The Labute approximate surface area is 110 Å². The second-order valence-electron chi connectivity index (χ2n) is 4.06. The Kier molecular flexibility index (Phi) is 4.97. The molecule has 1 aromatic rings. The van der Waals surface area contributed by atoms with Gasteiger partial charge in [0.25, 0.3) is 0 Å². The molecule has 1 unspecified atom stereocenters. The van der Waals surface area contributed by atoms with Gasteiger partial charge in [0.05, 0.1) is 5.92 Å². The van der Waals surface area contributed by atoms with Crippen LogP contribution < -0.4 is 10.6 Å². The predicted octanol–water partition coefficient (Wildman–Crippen LogP) is 1.35. The Hall–Kier alpha value is -1.75. The van der Waals surface area contributed by atoms with Crippen LogP contribution in [-0.4, -0.2) is 30.1 Å². The van der Waals surface area contributed by atoms with Gasteiger partial charge >= 0.3 is 5.97 Å². The normalized spacial score (nSPS) is 11.9. The highest BCUT2D eigenvalue weighted by Crippen LogP contribution is 2.20. The number of amides is 1. The van der Waals surface area contributed by atoms with E-state index in [1.807, 2.05) is 0 Å². The van der Waals surface area contributed by atoms with Gasteiger partial charge in [-0.15, -0.1) is 0 Å². The Bertz CT molecular complexity index is 451. The fourth-order valence-electron chi connectivity index (χ4n) is 1.52. The molecule has 0 aliphatic rings. The van der Waals surface area contributed by atoms with E-state index in [1.165, 1.54) is 0 Å². The summed E-state index contributed by atoms with van der Waals surface area (Å²) in [4.78, 5) is 23.4. The number of primary amides is 1. The van der Waals surface area contributed by atoms with Gasteiger partial charge in [0.15, 0.2) is 0 Å². The van der Waals surface area contributed by atoms with Crippen LogP contribution in [0.1, 0.15) is 6.92 Å². The molecule has 0 heterocycles. The molecule has 1 aromatic carbocycles. The van der Waals surface area contributed by atoms with Crippen LogP contribution in [0.4, 0.5) is 5.69 Å². The van der Waals surface area contributed by atoms with E-state index in [9.17, 15) is 9.59 Å². The average Bonchev–Trinajstić information content (AvgIpc) is 2.27. The van der Waals surface area contributed by atoms with E-state index in [0.717, 1.165) is 0 Å². The summed E-state index contributed by atoms with van der Waals surface area (Å²) < 4.78 is 0. The number of hydrogen-bond acceptors (Lipinski definition) is 3. The third kappa shape index (κ3) is 4.25. The van der Waals surface area contributed by atoms with Gasteiger partial charge in [-0.1, -0.05) is 24.6 Å². The molecule has 98 valence electrons. The first kappa shape index (κ1) is 14.3. The molecule has 0 bridgehead atoms. The molecule has 0 aliphatic heterocycles. The molecule has 0 saturated heterocycles. The number of nitrogens with zero attached hydrogens (tertiary/aromatic N) is 1. The van der Waals surface area contributed by atoms with E-state index in [-0.39, 0.29) is 13.1 Å². The van der Waals surface area contributed by atoms with Gasteiger partial charge in [0, 0.05) is 17.3 Å². The van der Waals surface area contributed by atoms with E-state index >= 15 is 0 Å². The molecule has 18 heavy (non-hydrogen) atoms. The molecule has 1 amide bonds. The minimum atomic E-state index is -0.980. The second-order valence-corrected chi connectivity index (χ2v) is 4.49. The van der Waals surface area contributed by atoms with E-state index in [0.29, 0.717) is 10.7 Å². The highest BCUT2D eigenvalue weighted by atomic mass is 35.5. The highest BCUT2D eigenvalue weighted by Gasteiger charge is 2.17. The van der Waals surface area contributed by atoms with Gasteiger partial charge in [0.1, 0.15) is 6.54 Å². The zero-order chi connectivity index (χ0) is 13.7. The molecule has 0 radical (unpaired) electrons. The van der Waals surface area contributed by atoms with Gasteiger partial charge in [-0.2, -0.15) is 0 Å². The molecule has 1 atom stereocenters. The van der Waals surface area contributed by atoms with Crippen molar-refractivity contribution in [3.63, 3.8) is 0 Å². The number of halogens is 1. The molecular weight excluding hydrogens is 256 g/mol. The molecule has 0 fully saturated rings. The van der Waals surface area contributed by atoms with Crippen molar-refractivity contribution in [3.8, 4) is 0 Å². The fraction of sp³-hybridized carbons (Fsp3) is 0.333. The van der Waals surface area contributed by atoms with E-state index in [1.54, 1.807) is 36.1 Å². The summed E-state index contributed by atoms with van der Waals surface area (Å²) in [5.74, 6) is -1.89. The maximum atomic E-state index is 11.0. The standard InChI is InChI=1S/C12H15ClN2O3/c1-8(12(14)18)6-15(7-11(16)17)10-4-2-3-9(13)5-10/h2-5,8H,6-7H2,1H3,(H2,14,18)(H,16,17). The number of anilines is 1. The number of carboxylic acids is 1. The number of benzene rings is 1. The Morgan fingerprint density at radius 1 is 1.50 bits per heavy atom. The van der Waals surface area contributed by atoms with Gasteiger partial charge in [0.2, 0.25) is 5.91 Å². The highest BCUT2D eigenvalue weighted by molar-refractivity contribution is 6.30. The van der Waals surface area contributed by atoms with E-state index in [4.69, 9.17) is 22.4 Å². The number of hydrogen-bond donors (Lipinski definition) is 2. The first-order valence-electron chi connectivity index (χ1n) is 5.41. The Morgan fingerprint density at radius 2 is 2.17 bits per heavy atom. The third-order valence-electron chi connectivity index (χ3n) is 2.48. The van der Waals surface area contributed by atoms with Crippen molar-refractivity contribution in [2.24, 2.45) is 11.7 Å². The number of carboxylic acid groups (broad SMARTS) is 1.